The van der Waals surface area contributed by atoms with Crippen LogP contribution in [0.1, 0.15) is 25.3 Å². The Kier molecular flexibility index (Phi) is 5.24. The third-order valence-electron chi connectivity index (χ3n) is 4.52. The van der Waals surface area contributed by atoms with Crippen molar-refractivity contribution in [1.82, 2.24) is 0 Å². The van der Waals surface area contributed by atoms with Crippen LogP contribution in [-0.4, -0.2) is 15.0 Å². The number of aryl methyl sites for hydroxylation is 1. The fourth-order valence-electron chi connectivity index (χ4n) is 3.17. The molecule has 0 aliphatic rings. The molecule has 0 amide bonds. The van der Waals surface area contributed by atoms with Crippen LogP contribution in [0, 0.1) is 0 Å². The van der Waals surface area contributed by atoms with Gasteiger partial charge in [-0.05, 0) is 0 Å². The molecule has 0 atom stereocenters. The average Bonchev–Trinajstić information content (AvgIpc) is 3.06. The number of hydrogen-bond acceptors (Lipinski definition) is 1. The van der Waals surface area contributed by atoms with E-state index in [-0.39, 0.29) is 15.0 Å². The van der Waals surface area contributed by atoms with E-state index in [0.29, 0.717) is 0 Å². The third-order valence-corrected chi connectivity index (χ3v) is 6.83. The monoisotopic (exact) mass is 406 g/mol. The Balaban J connectivity index is 1.76. The van der Waals surface area contributed by atoms with Gasteiger partial charge in [0.25, 0.3) is 0 Å². The zero-order valence-electron chi connectivity index (χ0n) is 14.9. The SMILES string of the molecule is CCCCc1cccc([Se]c2c(-c3ccccc3)oc3ccccc23)c1. The van der Waals surface area contributed by atoms with Gasteiger partial charge in [0.05, 0.1) is 0 Å². The van der Waals surface area contributed by atoms with Gasteiger partial charge in [-0.2, -0.15) is 0 Å². The Labute approximate surface area is 161 Å². The van der Waals surface area contributed by atoms with Crippen molar-refractivity contribution in [1.29, 1.82) is 0 Å². The van der Waals surface area contributed by atoms with Gasteiger partial charge in [-0.25, -0.2) is 0 Å². The molecule has 4 rings (SSSR count). The number of para-hydroxylation sites is 1. The van der Waals surface area contributed by atoms with Crippen LogP contribution in [-0.2, 0) is 6.42 Å². The van der Waals surface area contributed by atoms with Gasteiger partial charge >= 0.3 is 161 Å². The van der Waals surface area contributed by atoms with E-state index in [2.05, 4.69) is 73.7 Å². The molecule has 0 spiro atoms. The van der Waals surface area contributed by atoms with Crippen molar-refractivity contribution in [3.8, 4) is 11.3 Å². The molecular weight excluding hydrogens is 383 g/mol. The zero-order chi connectivity index (χ0) is 17.8. The van der Waals surface area contributed by atoms with Gasteiger partial charge in [0, 0.05) is 0 Å². The maximum atomic E-state index is 6.27. The molecule has 4 aromatic rings. The molecule has 0 bridgehead atoms. The third kappa shape index (κ3) is 3.62. The maximum absolute atomic E-state index is 6.27. The first-order chi connectivity index (χ1) is 12.8. The molecule has 1 heterocycles. The number of rotatable bonds is 6. The van der Waals surface area contributed by atoms with Crippen molar-refractivity contribution in [2.45, 2.75) is 26.2 Å². The van der Waals surface area contributed by atoms with Gasteiger partial charge in [0.2, 0.25) is 0 Å². The van der Waals surface area contributed by atoms with E-state index in [1.54, 1.807) is 0 Å². The average molecular weight is 405 g/mol. The van der Waals surface area contributed by atoms with Crippen molar-refractivity contribution in [3.63, 3.8) is 0 Å². The van der Waals surface area contributed by atoms with E-state index in [1.807, 2.05) is 12.1 Å². The molecule has 3 aromatic carbocycles. The second kappa shape index (κ2) is 7.95. The van der Waals surface area contributed by atoms with Crippen LogP contribution in [0.2, 0.25) is 0 Å². The van der Waals surface area contributed by atoms with E-state index in [9.17, 15) is 0 Å². The predicted molar refractivity (Wildman–Crippen MR) is 112 cm³/mol. The Hall–Kier alpha value is -2.28. The van der Waals surface area contributed by atoms with E-state index in [1.165, 1.54) is 32.7 Å². The number of furan rings is 1. The molecule has 0 saturated carbocycles. The van der Waals surface area contributed by atoms with Gasteiger partial charge in [0.1, 0.15) is 0 Å². The first-order valence-corrected chi connectivity index (χ1v) is 10.9. The summed E-state index contributed by atoms with van der Waals surface area (Å²) < 4.78 is 9.02. The van der Waals surface area contributed by atoms with Gasteiger partial charge in [0.15, 0.2) is 0 Å². The second-order valence-corrected chi connectivity index (χ2v) is 8.75. The van der Waals surface area contributed by atoms with Crippen LogP contribution < -0.4 is 8.92 Å². The molecule has 0 fully saturated rings. The summed E-state index contributed by atoms with van der Waals surface area (Å²) in [6.45, 7) is 2.25. The number of fused-ring (bicyclic) bond motifs is 1. The van der Waals surface area contributed by atoms with Crippen LogP contribution in [0.5, 0.6) is 0 Å². The Bertz CT molecular complexity index is 1000. The van der Waals surface area contributed by atoms with E-state index in [4.69, 9.17) is 4.42 Å². The van der Waals surface area contributed by atoms with Crippen molar-refractivity contribution >= 4 is 34.8 Å². The molecule has 1 nitrogen and oxygen atoms in total. The Morgan fingerprint density at radius 3 is 2.50 bits per heavy atom. The second-order valence-electron chi connectivity index (χ2n) is 6.48. The molecule has 130 valence electrons. The molecule has 2 heteroatoms. The summed E-state index contributed by atoms with van der Waals surface area (Å²) in [5, 5.41) is 1.24. The summed E-state index contributed by atoms with van der Waals surface area (Å²) in [4.78, 5) is 0. The predicted octanol–water partition coefficient (Wildman–Crippen LogP) is 5.10. The van der Waals surface area contributed by atoms with Gasteiger partial charge < -0.3 is 0 Å². The fraction of sp³-hybridized carbons (Fsp3) is 0.167. The normalized spacial score (nSPS) is 11.1. The van der Waals surface area contributed by atoms with Crippen molar-refractivity contribution in [3.05, 3.63) is 84.4 Å². The first kappa shape index (κ1) is 17.1. The molecule has 0 radical (unpaired) electrons. The van der Waals surface area contributed by atoms with Crippen LogP contribution >= 0.6 is 0 Å². The number of benzene rings is 3. The number of unbranched alkanes of at least 4 members (excludes halogenated alkanes) is 1. The zero-order valence-corrected chi connectivity index (χ0v) is 16.7. The van der Waals surface area contributed by atoms with Gasteiger partial charge in [-0.3, -0.25) is 0 Å². The summed E-state index contributed by atoms with van der Waals surface area (Å²) in [5.41, 5.74) is 3.58. The molecule has 0 aliphatic carbocycles. The first-order valence-electron chi connectivity index (χ1n) is 9.19. The summed E-state index contributed by atoms with van der Waals surface area (Å²) >= 11 is 0.208. The Morgan fingerprint density at radius 2 is 1.65 bits per heavy atom. The molecule has 0 N–H and O–H groups in total. The van der Waals surface area contributed by atoms with Crippen molar-refractivity contribution in [2.75, 3.05) is 0 Å². The standard InChI is InChI=1S/C24H22OSe/c1-2-3-10-18-11-9-14-20(17-18)26-24-21-15-7-8-16-22(21)25-23(24)19-12-5-4-6-13-19/h4-9,11-17H,2-3,10H2,1H3. The van der Waals surface area contributed by atoms with E-state index < -0.39 is 0 Å². The number of hydrogen-bond donors (Lipinski definition) is 0. The molecule has 0 saturated heterocycles. The van der Waals surface area contributed by atoms with Gasteiger partial charge in [-0.15, -0.1) is 0 Å². The topological polar surface area (TPSA) is 13.1 Å². The summed E-state index contributed by atoms with van der Waals surface area (Å²) in [6, 6.07) is 28.0. The molecule has 26 heavy (non-hydrogen) atoms. The van der Waals surface area contributed by atoms with E-state index in [0.717, 1.165) is 23.3 Å². The minimum absolute atomic E-state index is 0.208. The minimum atomic E-state index is 0.208. The van der Waals surface area contributed by atoms with Gasteiger partial charge in [-0.1, -0.05) is 0 Å². The fourth-order valence-corrected chi connectivity index (χ4v) is 5.52. The summed E-state index contributed by atoms with van der Waals surface area (Å²) in [7, 11) is 0. The Morgan fingerprint density at radius 1 is 0.846 bits per heavy atom. The van der Waals surface area contributed by atoms with Crippen LogP contribution in [0.4, 0.5) is 0 Å². The quantitative estimate of drug-likeness (QED) is 0.407. The molecule has 0 unspecified atom stereocenters. The van der Waals surface area contributed by atoms with Crippen molar-refractivity contribution in [2.24, 2.45) is 0 Å². The van der Waals surface area contributed by atoms with Crippen LogP contribution in [0.3, 0.4) is 0 Å². The molecule has 1 aromatic heterocycles. The van der Waals surface area contributed by atoms with Crippen LogP contribution in [0.25, 0.3) is 22.3 Å². The summed E-state index contributed by atoms with van der Waals surface area (Å²) in [6.07, 6.45) is 3.65. The summed E-state index contributed by atoms with van der Waals surface area (Å²) in [5.74, 6) is 1.02. The molecule has 0 aliphatic heterocycles. The van der Waals surface area contributed by atoms with E-state index >= 15 is 0 Å². The molecular formula is C24H22OSe. The van der Waals surface area contributed by atoms with Crippen molar-refractivity contribution < 1.29 is 4.42 Å². The van der Waals surface area contributed by atoms with Crippen LogP contribution in [0.15, 0.2) is 83.3 Å².